The zero-order valence-corrected chi connectivity index (χ0v) is 25.5. The highest BCUT2D eigenvalue weighted by molar-refractivity contribution is 7.74. The quantitative estimate of drug-likeness (QED) is 0.201. The number of hydrogen-bond donors (Lipinski definition) is 0. The van der Waals surface area contributed by atoms with Gasteiger partial charge in [0.2, 0.25) is 0 Å². The van der Waals surface area contributed by atoms with Crippen molar-refractivity contribution in [1.29, 1.82) is 0 Å². The Labute approximate surface area is 239 Å². The highest BCUT2D eigenvalue weighted by Gasteiger charge is 2.36. The van der Waals surface area contributed by atoms with Gasteiger partial charge in [-0.1, -0.05) is 154 Å². The Morgan fingerprint density at radius 3 is 1.23 bits per heavy atom. The standard InChI is InChI=1S/C20H25P.C17H19P/c1-16(2)19-14-9-15-20(19)21(17-10-5-3-6-11-17)18-12-7-4-8-13-18;1-3-9-15(10-4-1)18(17-13-7-8-14-17)16-11-5-2-6-12-16/h3-8,10-13,16,19-20H,9,14-15H2,1-2H3;1-6,9-12,17H,7-8,13-14H2. The van der Waals surface area contributed by atoms with Crippen LogP contribution >= 0.6 is 15.8 Å². The smallest absolute Gasteiger partial charge is 0.00980 e. The molecular formula is C37H44P2. The van der Waals surface area contributed by atoms with E-state index >= 15 is 0 Å². The van der Waals surface area contributed by atoms with Gasteiger partial charge in [-0.15, -0.1) is 0 Å². The summed E-state index contributed by atoms with van der Waals surface area (Å²) in [7, 11) is -0.376. The molecule has 2 unspecified atom stereocenters. The summed E-state index contributed by atoms with van der Waals surface area (Å²) in [5.41, 5.74) is 1.74. The molecule has 0 saturated heterocycles. The minimum atomic E-state index is -0.224. The Morgan fingerprint density at radius 1 is 0.462 bits per heavy atom. The van der Waals surface area contributed by atoms with Crippen LogP contribution in [-0.4, -0.2) is 11.3 Å². The summed E-state index contributed by atoms with van der Waals surface area (Å²) < 4.78 is 0. The van der Waals surface area contributed by atoms with Crippen molar-refractivity contribution in [2.45, 2.75) is 70.1 Å². The van der Waals surface area contributed by atoms with E-state index < -0.39 is 0 Å². The van der Waals surface area contributed by atoms with E-state index in [9.17, 15) is 0 Å². The summed E-state index contributed by atoms with van der Waals surface area (Å²) in [6, 6.07) is 44.7. The largest absolute Gasteiger partial charge is 0.0625 e. The molecule has 2 atom stereocenters. The predicted molar refractivity (Wildman–Crippen MR) is 176 cm³/mol. The first-order valence-corrected chi connectivity index (χ1v) is 17.8. The van der Waals surface area contributed by atoms with Crippen molar-refractivity contribution in [1.82, 2.24) is 0 Å². The molecule has 4 aromatic carbocycles. The van der Waals surface area contributed by atoms with Gasteiger partial charge in [-0.2, -0.15) is 0 Å². The van der Waals surface area contributed by atoms with Gasteiger partial charge in [-0.25, -0.2) is 0 Å². The van der Waals surface area contributed by atoms with E-state index in [1.54, 1.807) is 21.2 Å². The Kier molecular flexibility index (Phi) is 10.4. The normalized spacial score (nSPS) is 19.4. The molecule has 0 N–H and O–H groups in total. The maximum absolute atomic E-state index is 2.41. The van der Waals surface area contributed by atoms with Crippen molar-refractivity contribution in [2.24, 2.45) is 11.8 Å². The van der Waals surface area contributed by atoms with E-state index in [1.807, 2.05) is 0 Å². The van der Waals surface area contributed by atoms with Crippen molar-refractivity contribution in [3.8, 4) is 0 Å². The molecule has 202 valence electrons. The first-order chi connectivity index (χ1) is 19.2. The van der Waals surface area contributed by atoms with Gasteiger partial charge < -0.3 is 0 Å². The maximum atomic E-state index is 2.41. The lowest BCUT2D eigenvalue weighted by Crippen LogP contribution is -2.27. The fourth-order valence-corrected chi connectivity index (χ4v) is 13.1. The molecule has 0 nitrogen and oxygen atoms in total. The van der Waals surface area contributed by atoms with Crippen LogP contribution in [0.1, 0.15) is 58.8 Å². The summed E-state index contributed by atoms with van der Waals surface area (Å²) in [6.45, 7) is 4.82. The van der Waals surface area contributed by atoms with Crippen LogP contribution in [0.4, 0.5) is 0 Å². The summed E-state index contributed by atoms with van der Waals surface area (Å²) in [5.74, 6) is 1.69. The Bertz CT molecular complexity index is 1140. The van der Waals surface area contributed by atoms with Gasteiger partial charge in [-0.05, 0) is 85.9 Å². The average molecular weight is 551 g/mol. The van der Waals surface area contributed by atoms with Gasteiger partial charge in [0.05, 0.1) is 0 Å². The summed E-state index contributed by atoms with van der Waals surface area (Å²) in [6.07, 6.45) is 9.89. The monoisotopic (exact) mass is 550 g/mol. The van der Waals surface area contributed by atoms with Crippen molar-refractivity contribution in [2.75, 3.05) is 0 Å². The van der Waals surface area contributed by atoms with Crippen molar-refractivity contribution in [3.63, 3.8) is 0 Å². The molecule has 4 aromatic rings. The molecule has 0 heterocycles. The molecular weight excluding hydrogens is 506 g/mol. The first kappa shape index (κ1) is 28.3. The first-order valence-electron chi connectivity index (χ1n) is 15.0. The molecule has 2 fully saturated rings. The van der Waals surface area contributed by atoms with Crippen LogP contribution in [0, 0.1) is 11.8 Å². The molecule has 0 aromatic heterocycles. The van der Waals surface area contributed by atoms with Crippen LogP contribution in [0.5, 0.6) is 0 Å². The molecule has 0 amide bonds. The van der Waals surface area contributed by atoms with E-state index in [1.165, 1.54) is 44.9 Å². The van der Waals surface area contributed by atoms with Gasteiger partial charge in [0, 0.05) is 0 Å². The Morgan fingerprint density at radius 2 is 0.846 bits per heavy atom. The molecule has 0 bridgehead atoms. The minimum Gasteiger partial charge on any atom is -0.0625 e. The molecule has 2 heteroatoms. The zero-order valence-electron chi connectivity index (χ0n) is 23.7. The summed E-state index contributed by atoms with van der Waals surface area (Å²) >= 11 is 0. The van der Waals surface area contributed by atoms with Gasteiger partial charge in [0.25, 0.3) is 0 Å². The van der Waals surface area contributed by atoms with Crippen LogP contribution in [0.2, 0.25) is 0 Å². The van der Waals surface area contributed by atoms with Gasteiger partial charge in [-0.3, -0.25) is 0 Å². The second kappa shape index (κ2) is 14.4. The SMILES string of the molecule is CC(C)C1CCCC1P(c1ccccc1)c1ccccc1.c1ccc(P(c2ccccc2)C2CCCC2)cc1. The van der Waals surface area contributed by atoms with Crippen molar-refractivity contribution in [3.05, 3.63) is 121 Å². The van der Waals surface area contributed by atoms with E-state index in [2.05, 4.69) is 135 Å². The van der Waals surface area contributed by atoms with Crippen LogP contribution in [0.15, 0.2) is 121 Å². The van der Waals surface area contributed by atoms with E-state index in [0.717, 1.165) is 23.2 Å². The lowest BCUT2D eigenvalue weighted by molar-refractivity contribution is 0.402. The second-order valence-electron chi connectivity index (χ2n) is 11.4. The molecule has 0 radical (unpaired) electrons. The molecule has 0 aliphatic heterocycles. The number of benzene rings is 4. The van der Waals surface area contributed by atoms with Crippen LogP contribution in [-0.2, 0) is 0 Å². The third-order valence-electron chi connectivity index (χ3n) is 8.55. The average Bonchev–Trinajstić information content (AvgIpc) is 3.70. The Hall–Kier alpha value is -2.26. The van der Waals surface area contributed by atoms with E-state index in [-0.39, 0.29) is 15.8 Å². The topological polar surface area (TPSA) is 0 Å². The van der Waals surface area contributed by atoms with Crippen molar-refractivity contribution < 1.29 is 0 Å². The molecule has 0 spiro atoms. The van der Waals surface area contributed by atoms with Crippen LogP contribution < -0.4 is 21.2 Å². The fraction of sp³-hybridized carbons (Fsp3) is 0.351. The minimum absolute atomic E-state index is 0.152. The fourth-order valence-electron chi connectivity index (χ4n) is 6.69. The third-order valence-corrected chi connectivity index (χ3v) is 14.5. The molecule has 39 heavy (non-hydrogen) atoms. The van der Waals surface area contributed by atoms with Crippen LogP contribution in [0.25, 0.3) is 0 Å². The van der Waals surface area contributed by atoms with E-state index in [0.29, 0.717) is 0 Å². The lowest BCUT2D eigenvalue weighted by Gasteiger charge is -2.32. The second-order valence-corrected chi connectivity index (χ2v) is 16.4. The Balaban J connectivity index is 0.000000160. The van der Waals surface area contributed by atoms with Crippen molar-refractivity contribution >= 4 is 37.1 Å². The van der Waals surface area contributed by atoms with Gasteiger partial charge in [0.15, 0.2) is 0 Å². The van der Waals surface area contributed by atoms with Gasteiger partial charge in [0.1, 0.15) is 0 Å². The highest BCUT2D eigenvalue weighted by Crippen LogP contribution is 2.52. The van der Waals surface area contributed by atoms with Gasteiger partial charge >= 0.3 is 0 Å². The lowest BCUT2D eigenvalue weighted by atomic mass is 9.94. The van der Waals surface area contributed by atoms with E-state index in [4.69, 9.17) is 0 Å². The van der Waals surface area contributed by atoms with Crippen LogP contribution in [0.3, 0.4) is 0 Å². The summed E-state index contributed by atoms with van der Waals surface area (Å²) in [5, 5.41) is 6.20. The third kappa shape index (κ3) is 7.28. The number of hydrogen-bond acceptors (Lipinski definition) is 0. The predicted octanol–water partition coefficient (Wildman–Crippen LogP) is 9.01. The molecule has 2 saturated carbocycles. The zero-order chi connectivity index (χ0) is 26.9. The number of rotatable bonds is 7. The molecule has 6 rings (SSSR count). The highest BCUT2D eigenvalue weighted by atomic mass is 31.1. The maximum Gasteiger partial charge on any atom is -0.00980 e. The molecule has 2 aliphatic rings. The molecule has 2 aliphatic carbocycles. The summed E-state index contributed by atoms with van der Waals surface area (Å²) in [4.78, 5) is 0.